The first kappa shape index (κ1) is 25.4. The summed E-state index contributed by atoms with van der Waals surface area (Å²) in [5.74, 6) is 1.37. The molecule has 0 aliphatic carbocycles. The lowest BCUT2D eigenvalue weighted by Crippen LogP contribution is -2.35. The molecule has 1 fully saturated rings. The molecular formula is C29H27ClN4O4. The molecule has 1 amide bonds. The summed E-state index contributed by atoms with van der Waals surface area (Å²) >= 11 is 6.01. The van der Waals surface area contributed by atoms with E-state index in [1.165, 1.54) is 10.9 Å². The minimum atomic E-state index is -0.422. The van der Waals surface area contributed by atoms with Crippen molar-refractivity contribution in [1.82, 2.24) is 14.7 Å². The molecule has 1 N–H and O–H groups in total. The average Bonchev–Trinajstić information content (AvgIpc) is 2.96. The van der Waals surface area contributed by atoms with Crippen LogP contribution in [0.5, 0.6) is 17.2 Å². The minimum absolute atomic E-state index is 0.0173. The van der Waals surface area contributed by atoms with Crippen molar-refractivity contribution < 1.29 is 14.3 Å². The van der Waals surface area contributed by atoms with Crippen LogP contribution >= 0.6 is 11.6 Å². The molecule has 0 bridgehead atoms. The first-order valence-electron chi connectivity index (χ1n) is 12.4. The zero-order valence-corrected chi connectivity index (χ0v) is 21.6. The van der Waals surface area contributed by atoms with E-state index in [9.17, 15) is 9.59 Å². The first-order chi connectivity index (χ1) is 18.5. The number of benzene rings is 3. The van der Waals surface area contributed by atoms with E-state index in [-0.39, 0.29) is 17.3 Å². The summed E-state index contributed by atoms with van der Waals surface area (Å²) in [6.45, 7) is 1.51. The molecule has 4 aromatic rings. The highest BCUT2D eigenvalue weighted by atomic mass is 35.5. The fraction of sp³-hybridized carbons (Fsp3) is 0.207. The lowest BCUT2D eigenvalue weighted by Gasteiger charge is -2.26. The van der Waals surface area contributed by atoms with E-state index in [2.05, 4.69) is 10.4 Å². The zero-order chi connectivity index (χ0) is 26.5. The lowest BCUT2D eigenvalue weighted by molar-refractivity contribution is 0.0724. The molecule has 2 heterocycles. The number of piperidine rings is 1. The van der Waals surface area contributed by atoms with E-state index in [4.69, 9.17) is 21.1 Å². The van der Waals surface area contributed by atoms with Crippen LogP contribution < -0.4 is 20.3 Å². The molecular weight excluding hydrogens is 504 g/mol. The zero-order valence-electron chi connectivity index (χ0n) is 20.9. The number of hydrogen-bond donors (Lipinski definition) is 1. The van der Waals surface area contributed by atoms with Gasteiger partial charge in [0.05, 0.1) is 19.0 Å². The normalized spacial score (nSPS) is 13.2. The highest BCUT2D eigenvalue weighted by molar-refractivity contribution is 6.30. The Hall–Kier alpha value is -4.30. The monoisotopic (exact) mass is 530 g/mol. The molecule has 9 heteroatoms. The molecule has 0 atom stereocenters. The predicted molar refractivity (Wildman–Crippen MR) is 147 cm³/mol. The maximum atomic E-state index is 13.7. The lowest BCUT2D eigenvalue weighted by atomic mass is 10.1. The second kappa shape index (κ2) is 11.4. The second-order valence-electron chi connectivity index (χ2n) is 8.91. The minimum Gasteiger partial charge on any atom is -0.497 e. The molecule has 0 spiro atoms. The highest BCUT2D eigenvalue weighted by Gasteiger charge is 2.20. The number of anilines is 2. The molecule has 8 nitrogen and oxygen atoms in total. The van der Waals surface area contributed by atoms with E-state index in [1.54, 1.807) is 79.9 Å². The summed E-state index contributed by atoms with van der Waals surface area (Å²) in [6, 6.07) is 20.9. The predicted octanol–water partition coefficient (Wildman–Crippen LogP) is 6.06. The SMILES string of the molecule is COc1ccc(-n2ncc(Oc3ccc(Cl)cc3)c(Nc3cccc(C(=O)N4CCCCC4)c3)c2=O)cc1. The average molecular weight is 531 g/mol. The standard InChI is InChI=1S/C29H27ClN4O4/c1-37-24-14-10-23(11-15-24)34-29(36)27(26(19-31-34)38-25-12-8-21(30)9-13-25)32-22-7-5-6-20(18-22)28(35)33-16-3-2-4-17-33/h5-15,18-19,32H,2-4,16-17H2,1H3. The molecule has 1 aliphatic heterocycles. The van der Waals surface area contributed by atoms with Gasteiger partial charge in [0.1, 0.15) is 11.5 Å². The van der Waals surface area contributed by atoms with Gasteiger partial charge in [0.25, 0.3) is 11.5 Å². The van der Waals surface area contributed by atoms with Crippen LogP contribution in [0.25, 0.3) is 5.69 Å². The maximum absolute atomic E-state index is 13.7. The number of rotatable bonds is 7. The van der Waals surface area contributed by atoms with E-state index < -0.39 is 5.56 Å². The number of aromatic nitrogens is 2. The van der Waals surface area contributed by atoms with Gasteiger partial charge in [-0.05, 0) is 86.0 Å². The molecule has 0 saturated carbocycles. The van der Waals surface area contributed by atoms with Crippen molar-refractivity contribution in [3.05, 3.63) is 99.9 Å². The number of nitrogens with zero attached hydrogens (tertiary/aromatic N) is 3. The van der Waals surface area contributed by atoms with Gasteiger partial charge in [0.15, 0.2) is 11.4 Å². The Labute approximate surface area is 225 Å². The molecule has 1 aliphatic rings. The Morgan fingerprint density at radius 1 is 0.947 bits per heavy atom. The Morgan fingerprint density at radius 3 is 2.37 bits per heavy atom. The van der Waals surface area contributed by atoms with Crippen LogP contribution in [0.2, 0.25) is 5.02 Å². The summed E-state index contributed by atoms with van der Waals surface area (Å²) < 4.78 is 12.5. The topological polar surface area (TPSA) is 85.7 Å². The van der Waals surface area contributed by atoms with Crippen molar-refractivity contribution >= 4 is 28.9 Å². The van der Waals surface area contributed by atoms with Crippen LogP contribution in [-0.4, -0.2) is 40.8 Å². The van der Waals surface area contributed by atoms with Crippen molar-refractivity contribution in [2.75, 3.05) is 25.5 Å². The quantitative estimate of drug-likeness (QED) is 0.313. The fourth-order valence-electron chi connectivity index (χ4n) is 4.32. The van der Waals surface area contributed by atoms with Gasteiger partial charge >= 0.3 is 0 Å². The maximum Gasteiger partial charge on any atom is 0.299 e. The summed E-state index contributed by atoms with van der Waals surface area (Å²) in [6.07, 6.45) is 4.64. The largest absolute Gasteiger partial charge is 0.497 e. The number of halogens is 1. The molecule has 1 aromatic heterocycles. The molecule has 3 aromatic carbocycles. The summed E-state index contributed by atoms with van der Waals surface area (Å²) in [4.78, 5) is 28.6. The Morgan fingerprint density at radius 2 is 1.66 bits per heavy atom. The van der Waals surface area contributed by atoms with E-state index in [0.29, 0.717) is 33.5 Å². The van der Waals surface area contributed by atoms with Crippen LogP contribution in [0.15, 0.2) is 83.8 Å². The number of methoxy groups -OCH3 is 1. The van der Waals surface area contributed by atoms with Crippen molar-refractivity contribution in [3.8, 4) is 22.9 Å². The van der Waals surface area contributed by atoms with Crippen LogP contribution in [0.4, 0.5) is 11.4 Å². The number of hydrogen-bond acceptors (Lipinski definition) is 6. The van der Waals surface area contributed by atoms with E-state index in [1.807, 2.05) is 4.90 Å². The van der Waals surface area contributed by atoms with Gasteiger partial charge in [-0.1, -0.05) is 17.7 Å². The van der Waals surface area contributed by atoms with Gasteiger partial charge in [-0.25, -0.2) is 0 Å². The molecule has 194 valence electrons. The second-order valence-corrected chi connectivity index (χ2v) is 9.35. The number of carbonyl (C=O) groups excluding carboxylic acids is 1. The third-order valence-electron chi connectivity index (χ3n) is 6.32. The van der Waals surface area contributed by atoms with Crippen molar-refractivity contribution in [2.45, 2.75) is 19.3 Å². The Bertz CT molecular complexity index is 1480. The summed E-state index contributed by atoms with van der Waals surface area (Å²) in [7, 11) is 1.58. The number of likely N-dealkylation sites (tertiary alicyclic amines) is 1. The van der Waals surface area contributed by atoms with Crippen LogP contribution in [0.3, 0.4) is 0 Å². The Balaban J connectivity index is 1.51. The number of nitrogens with one attached hydrogen (secondary N) is 1. The number of ether oxygens (including phenoxy) is 2. The molecule has 0 radical (unpaired) electrons. The number of carbonyl (C=O) groups is 1. The van der Waals surface area contributed by atoms with Crippen molar-refractivity contribution in [3.63, 3.8) is 0 Å². The number of amides is 1. The van der Waals surface area contributed by atoms with Crippen LogP contribution in [-0.2, 0) is 0 Å². The van der Waals surface area contributed by atoms with Gasteiger partial charge in [-0.15, -0.1) is 0 Å². The molecule has 5 rings (SSSR count). The molecule has 38 heavy (non-hydrogen) atoms. The van der Waals surface area contributed by atoms with Gasteiger partial charge in [0.2, 0.25) is 0 Å². The van der Waals surface area contributed by atoms with Gasteiger partial charge in [-0.3, -0.25) is 9.59 Å². The molecule has 1 saturated heterocycles. The van der Waals surface area contributed by atoms with Crippen molar-refractivity contribution in [1.29, 1.82) is 0 Å². The van der Waals surface area contributed by atoms with Crippen LogP contribution in [0, 0.1) is 0 Å². The van der Waals surface area contributed by atoms with E-state index >= 15 is 0 Å². The summed E-state index contributed by atoms with van der Waals surface area (Å²) in [5, 5.41) is 8.09. The van der Waals surface area contributed by atoms with Crippen molar-refractivity contribution in [2.24, 2.45) is 0 Å². The Kier molecular flexibility index (Phi) is 7.60. The highest BCUT2D eigenvalue weighted by Crippen LogP contribution is 2.30. The third kappa shape index (κ3) is 5.65. The fourth-order valence-corrected chi connectivity index (χ4v) is 4.45. The molecule has 0 unspecified atom stereocenters. The van der Waals surface area contributed by atoms with Gasteiger partial charge < -0.3 is 19.7 Å². The third-order valence-corrected chi connectivity index (χ3v) is 6.58. The van der Waals surface area contributed by atoms with Gasteiger partial charge in [0, 0.05) is 29.4 Å². The van der Waals surface area contributed by atoms with E-state index in [0.717, 1.165) is 32.4 Å². The van der Waals surface area contributed by atoms with Gasteiger partial charge in [-0.2, -0.15) is 9.78 Å². The first-order valence-corrected chi connectivity index (χ1v) is 12.8. The van der Waals surface area contributed by atoms with Crippen LogP contribution in [0.1, 0.15) is 29.6 Å². The summed E-state index contributed by atoms with van der Waals surface area (Å²) in [5.41, 5.74) is 1.45. The smallest absolute Gasteiger partial charge is 0.299 e.